The Morgan fingerprint density at radius 2 is 1.78 bits per heavy atom. The lowest BCUT2D eigenvalue weighted by Gasteiger charge is -2.10. The lowest BCUT2D eigenvalue weighted by molar-refractivity contribution is -1.07. The van der Waals surface area contributed by atoms with Crippen molar-refractivity contribution >= 4 is 6.79 Å². The molecule has 3 rings (SSSR count). The van der Waals surface area contributed by atoms with Gasteiger partial charge in [-0.3, -0.25) is 0 Å². The fraction of sp³-hybridized carbons (Fsp3) is 0.286. The van der Waals surface area contributed by atoms with Gasteiger partial charge < -0.3 is 15.1 Å². The second kappa shape index (κ2) is 13.4. The number of aromatic nitrogens is 3. The molecule has 0 aliphatic carbocycles. The number of carbonyl (C=O) groups is 1. The van der Waals surface area contributed by atoms with Gasteiger partial charge in [0.1, 0.15) is 36.8 Å². The van der Waals surface area contributed by atoms with Gasteiger partial charge >= 0.3 is 0 Å². The molecule has 1 unspecified atom stereocenters. The summed E-state index contributed by atoms with van der Waals surface area (Å²) in [6, 6.07) is 11.0. The molecule has 0 radical (unpaired) electrons. The van der Waals surface area contributed by atoms with Crippen molar-refractivity contribution in [2.45, 2.75) is 33.3 Å². The van der Waals surface area contributed by atoms with Gasteiger partial charge in [0, 0.05) is 6.42 Å². The maximum Gasteiger partial charge on any atom is 0.182 e. The molecule has 0 aliphatic rings. The molecule has 1 heterocycles. The summed E-state index contributed by atoms with van der Waals surface area (Å²) >= 11 is 0. The summed E-state index contributed by atoms with van der Waals surface area (Å²) < 4.78 is 16.0. The van der Waals surface area contributed by atoms with Crippen molar-refractivity contribution in [3.63, 3.8) is 0 Å². The van der Waals surface area contributed by atoms with Crippen LogP contribution in [0.3, 0.4) is 0 Å². The monoisotopic (exact) mass is 450 g/mol. The first-order valence-electron chi connectivity index (χ1n) is 9.47. The van der Waals surface area contributed by atoms with Crippen LogP contribution in [0.5, 0.6) is 0 Å². The van der Waals surface area contributed by atoms with E-state index in [-0.39, 0.29) is 18.1 Å². The van der Waals surface area contributed by atoms with Crippen molar-refractivity contribution in [3.8, 4) is 5.69 Å². The Labute approximate surface area is 185 Å². The van der Waals surface area contributed by atoms with Crippen LogP contribution in [0.2, 0.25) is 0 Å². The quantitative estimate of drug-likeness (QED) is 0.333. The largest absolute Gasteiger partial charge is 0.382 e. The van der Waals surface area contributed by atoms with E-state index >= 15 is 0 Å². The molecule has 0 saturated carbocycles. The number of halogens is 1. The third-order valence-corrected chi connectivity index (χ3v) is 4.50. The number of hydrogen-bond acceptors (Lipinski definition) is 8. The summed E-state index contributed by atoms with van der Waals surface area (Å²) in [5, 5.41) is 29.7. The Morgan fingerprint density at radius 1 is 1.16 bits per heavy atom. The molecule has 0 aliphatic heterocycles. The molecule has 11 heteroatoms. The van der Waals surface area contributed by atoms with Crippen LogP contribution in [-0.2, 0) is 16.1 Å². The Balaban J connectivity index is 0.00000121. The van der Waals surface area contributed by atoms with Crippen molar-refractivity contribution < 1.29 is 35.2 Å². The molecule has 0 fully saturated rings. The van der Waals surface area contributed by atoms with E-state index < -0.39 is 11.9 Å². The number of aliphatic hydroxyl groups is 1. The summed E-state index contributed by atoms with van der Waals surface area (Å²) in [5.74, 6) is 3.67. The second-order valence-corrected chi connectivity index (χ2v) is 6.81. The summed E-state index contributed by atoms with van der Waals surface area (Å²) in [6.45, 7) is 7.61. The van der Waals surface area contributed by atoms with Gasteiger partial charge in [0.05, 0.1) is 0 Å². The molecule has 3 aromatic rings. The van der Waals surface area contributed by atoms with Gasteiger partial charge in [0.25, 0.3) is 0 Å². The minimum Gasteiger partial charge on any atom is -0.382 e. The lowest BCUT2D eigenvalue weighted by Crippen LogP contribution is -2.79. The highest BCUT2D eigenvalue weighted by atomic mass is 19.1. The molecule has 0 spiro atoms. The summed E-state index contributed by atoms with van der Waals surface area (Å²) in [4.78, 5) is 17.1. The maximum atomic E-state index is 14.6. The minimum absolute atomic E-state index is 0.0992. The molecule has 32 heavy (non-hydrogen) atoms. The molecular formula is C21H29FN5O5+. The number of hydrogen-bond donors (Lipinski definition) is 5. The Bertz CT molecular complexity index is 999. The Morgan fingerprint density at radius 3 is 2.41 bits per heavy atom. The van der Waals surface area contributed by atoms with Crippen LogP contribution in [0.25, 0.3) is 5.69 Å². The van der Waals surface area contributed by atoms with E-state index in [1.54, 1.807) is 12.1 Å². The van der Waals surface area contributed by atoms with E-state index in [0.717, 1.165) is 22.3 Å². The highest BCUT2D eigenvalue weighted by molar-refractivity contribution is 5.38. The average Bonchev–Trinajstić information content (AvgIpc) is 3.21. The fourth-order valence-electron chi connectivity index (χ4n) is 2.96. The molecule has 7 N–H and O–H groups in total. The van der Waals surface area contributed by atoms with Crippen LogP contribution in [0, 0.1) is 26.6 Å². The minimum atomic E-state index is -1.16. The number of aliphatic hydroxyl groups excluding tert-OH is 1. The summed E-state index contributed by atoms with van der Waals surface area (Å²) in [6.07, 6.45) is -0.733. The van der Waals surface area contributed by atoms with Gasteiger partial charge in [-0.2, -0.15) is 10.0 Å². The van der Waals surface area contributed by atoms with Crippen LogP contribution in [0.1, 0.15) is 40.0 Å². The highest BCUT2D eigenvalue weighted by Gasteiger charge is 2.21. The number of nitrogens with zero attached hydrogens (tertiary/aromatic N) is 3. The van der Waals surface area contributed by atoms with Crippen LogP contribution in [0.15, 0.2) is 36.4 Å². The van der Waals surface area contributed by atoms with Crippen molar-refractivity contribution in [2.24, 2.45) is 5.90 Å². The number of nitrogens with two attached hydrogens (primary N) is 2. The molecular weight excluding hydrogens is 421 g/mol. The summed E-state index contributed by atoms with van der Waals surface area (Å²) in [5.41, 5.74) is 4.79. The van der Waals surface area contributed by atoms with Gasteiger partial charge in [-0.1, -0.05) is 35.5 Å². The number of aryl methyl sites for hydroxylation is 3. The number of benzene rings is 2. The fourth-order valence-corrected chi connectivity index (χ4v) is 2.96. The topological polar surface area (TPSA) is 160 Å². The lowest BCUT2D eigenvalue weighted by atomic mass is 10.0. The molecule has 10 nitrogen and oxygen atoms in total. The summed E-state index contributed by atoms with van der Waals surface area (Å²) in [7, 11) is 0. The standard InChI is InChI=1S/C20H24FN4O3.CH2O.H3NO/c1-12-4-6-14(3)15(8-12)10-19-22-20(18(26)11-28-24-27)23-25(19)17-7-5-13(2)9-16(17)21;2*1-2/h4-9,18,26-27H,10-11,24H2,1-3H3;1H2;2H,1H2/q+1;;. The van der Waals surface area contributed by atoms with Gasteiger partial charge in [-0.25, -0.2) is 20.0 Å². The van der Waals surface area contributed by atoms with Gasteiger partial charge in [0.15, 0.2) is 5.82 Å². The highest BCUT2D eigenvalue weighted by Crippen LogP contribution is 2.22. The zero-order chi connectivity index (χ0) is 24.3. The maximum absolute atomic E-state index is 14.6. The Kier molecular flexibility index (Phi) is 11.3. The van der Waals surface area contributed by atoms with E-state index in [4.69, 9.17) is 20.0 Å². The van der Waals surface area contributed by atoms with Crippen molar-refractivity contribution in [3.05, 3.63) is 76.1 Å². The number of quaternary nitrogens is 1. The van der Waals surface area contributed by atoms with E-state index in [2.05, 4.69) is 22.0 Å². The van der Waals surface area contributed by atoms with E-state index in [1.807, 2.05) is 39.7 Å². The van der Waals surface area contributed by atoms with Crippen LogP contribution < -0.4 is 11.5 Å². The predicted molar refractivity (Wildman–Crippen MR) is 112 cm³/mol. The normalized spacial score (nSPS) is 11.1. The predicted octanol–water partition coefficient (Wildman–Crippen LogP) is 0.989. The number of carbonyl (C=O) groups excluding carboxylic acids is 1. The first kappa shape index (κ1) is 27.0. The van der Waals surface area contributed by atoms with Crippen LogP contribution in [0.4, 0.5) is 4.39 Å². The third kappa shape index (κ3) is 6.99. The second-order valence-electron chi connectivity index (χ2n) is 6.81. The zero-order valence-corrected chi connectivity index (χ0v) is 18.2. The molecule has 0 amide bonds. The van der Waals surface area contributed by atoms with Crippen LogP contribution in [-0.4, -0.2) is 43.7 Å². The van der Waals surface area contributed by atoms with E-state index in [0.29, 0.717) is 17.9 Å². The molecule has 0 saturated heterocycles. The SMILES string of the molecule is C=O.Cc1ccc(-n2nc(C(O)CO[NH2+]O)nc2Cc2cc(C)ccc2C)c(F)c1.NO. The molecule has 1 aromatic heterocycles. The molecule has 0 bridgehead atoms. The Hall–Kier alpha value is -3.06. The van der Waals surface area contributed by atoms with Gasteiger partial charge in [0.2, 0.25) is 0 Å². The van der Waals surface area contributed by atoms with Crippen molar-refractivity contribution in [1.29, 1.82) is 0 Å². The average molecular weight is 450 g/mol. The van der Waals surface area contributed by atoms with Gasteiger partial charge in [-0.15, -0.1) is 5.10 Å². The van der Waals surface area contributed by atoms with E-state index in [9.17, 15) is 9.50 Å². The first-order valence-corrected chi connectivity index (χ1v) is 9.47. The third-order valence-electron chi connectivity index (χ3n) is 4.50. The smallest absolute Gasteiger partial charge is 0.182 e. The zero-order valence-electron chi connectivity index (χ0n) is 18.2. The number of rotatable bonds is 7. The van der Waals surface area contributed by atoms with E-state index in [1.165, 1.54) is 10.7 Å². The van der Waals surface area contributed by atoms with Crippen molar-refractivity contribution in [2.75, 3.05) is 6.61 Å². The first-order chi connectivity index (χ1) is 15.4. The van der Waals surface area contributed by atoms with Gasteiger partial charge in [-0.05, 0) is 49.6 Å². The van der Waals surface area contributed by atoms with Crippen LogP contribution >= 0.6 is 0 Å². The van der Waals surface area contributed by atoms with Crippen molar-refractivity contribution in [1.82, 2.24) is 14.8 Å². The molecule has 1 atom stereocenters. The molecule has 2 aromatic carbocycles. The molecule has 174 valence electrons.